The Morgan fingerprint density at radius 2 is 1.86 bits per heavy atom. The van der Waals surface area contributed by atoms with Crippen molar-refractivity contribution in [1.82, 2.24) is 4.90 Å². The van der Waals surface area contributed by atoms with Gasteiger partial charge in [-0.3, -0.25) is 4.90 Å². The Morgan fingerprint density at radius 3 is 2.36 bits per heavy atom. The predicted molar refractivity (Wildman–Crippen MR) is 53.3 cm³/mol. The van der Waals surface area contributed by atoms with Crippen molar-refractivity contribution in [2.24, 2.45) is 5.41 Å². The maximum atomic E-state index is 5.44. The smallest absolute Gasteiger partial charge is 0.0622 e. The summed E-state index contributed by atoms with van der Waals surface area (Å²) in [4.78, 5) is 2.62. The molecule has 3 heteroatoms. The highest BCUT2D eigenvalue weighted by Gasteiger charge is 2.42. The van der Waals surface area contributed by atoms with E-state index in [4.69, 9.17) is 9.47 Å². The largest absolute Gasteiger partial charge is 0.380 e. The Morgan fingerprint density at radius 1 is 1.07 bits per heavy atom. The minimum absolute atomic E-state index is 0.579. The fourth-order valence-corrected chi connectivity index (χ4v) is 2.85. The lowest BCUT2D eigenvalue weighted by Crippen LogP contribution is -2.53. The van der Waals surface area contributed by atoms with Gasteiger partial charge < -0.3 is 9.47 Å². The lowest BCUT2D eigenvalue weighted by Gasteiger charge is -2.48. The van der Waals surface area contributed by atoms with Crippen LogP contribution >= 0.6 is 0 Å². The monoisotopic (exact) mass is 197 g/mol. The normalized spacial score (nSPS) is 37.3. The van der Waals surface area contributed by atoms with Crippen LogP contribution in [0.5, 0.6) is 0 Å². The highest BCUT2D eigenvalue weighted by atomic mass is 16.5. The summed E-state index contributed by atoms with van der Waals surface area (Å²) in [6.07, 6.45) is 3.91. The molecule has 0 aromatic heterocycles. The highest BCUT2D eigenvalue weighted by molar-refractivity contribution is 4.92. The number of piperidine rings is 1. The molecule has 3 nitrogen and oxygen atoms in total. The molecule has 0 radical (unpaired) electrons. The van der Waals surface area contributed by atoms with Crippen molar-refractivity contribution < 1.29 is 9.47 Å². The van der Waals surface area contributed by atoms with Crippen LogP contribution < -0.4 is 0 Å². The van der Waals surface area contributed by atoms with Gasteiger partial charge in [-0.15, -0.1) is 0 Å². The summed E-state index contributed by atoms with van der Waals surface area (Å²) in [5, 5.41) is 0. The first-order valence-corrected chi connectivity index (χ1v) is 5.78. The Hall–Kier alpha value is -0.120. The minimum atomic E-state index is 0.579. The molecule has 80 valence electrons. The van der Waals surface area contributed by atoms with E-state index >= 15 is 0 Å². The summed E-state index contributed by atoms with van der Waals surface area (Å²) in [6.45, 7) is 6.48. The lowest BCUT2D eigenvalue weighted by molar-refractivity contribution is -0.142. The number of nitrogens with zero attached hydrogens (tertiary/aromatic N) is 1. The fourth-order valence-electron chi connectivity index (χ4n) is 2.85. The molecule has 0 aromatic rings. The van der Waals surface area contributed by atoms with Gasteiger partial charge in [0.2, 0.25) is 0 Å². The molecule has 3 aliphatic rings. The van der Waals surface area contributed by atoms with E-state index < -0.39 is 0 Å². The van der Waals surface area contributed by atoms with E-state index in [1.165, 1.54) is 32.4 Å². The molecule has 0 unspecified atom stereocenters. The maximum Gasteiger partial charge on any atom is 0.0622 e. The zero-order valence-corrected chi connectivity index (χ0v) is 8.71. The van der Waals surface area contributed by atoms with Crippen LogP contribution in [0.15, 0.2) is 0 Å². The van der Waals surface area contributed by atoms with Crippen LogP contribution in [0.25, 0.3) is 0 Å². The first-order chi connectivity index (χ1) is 6.88. The minimum Gasteiger partial charge on any atom is -0.380 e. The van der Waals surface area contributed by atoms with E-state index in [1.807, 2.05) is 0 Å². The number of likely N-dealkylation sites (tertiary alicyclic amines) is 1. The van der Waals surface area contributed by atoms with Gasteiger partial charge in [0.1, 0.15) is 0 Å². The zero-order valence-electron chi connectivity index (χ0n) is 8.71. The Bertz CT molecular complexity index is 199. The summed E-state index contributed by atoms with van der Waals surface area (Å²) in [7, 11) is 0. The van der Waals surface area contributed by atoms with Crippen LogP contribution in [0.4, 0.5) is 0 Å². The molecule has 0 bridgehead atoms. The third-order valence-corrected chi connectivity index (χ3v) is 4.10. The molecular weight excluding hydrogens is 178 g/mol. The van der Waals surface area contributed by atoms with Crippen LogP contribution in [0.1, 0.15) is 19.3 Å². The molecule has 1 atom stereocenters. The molecule has 0 amide bonds. The zero-order chi connectivity index (χ0) is 9.43. The number of hydrogen-bond donors (Lipinski definition) is 0. The van der Waals surface area contributed by atoms with Gasteiger partial charge in [-0.2, -0.15) is 0 Å². The first-order valence-electron chi connectivity index (χ1n) is 5.78. The van der Waals surface area contributed by atoms with Gasteiger partial charge in [0.15, 0.2) is 0 Å². The first kappa shape index (κ1) is 9.13. The molecule has 0 aliphatic carbocycles. The Kier molecular flexibility index (Phi) is 2.26. The van der Waals surface area contributed by atoms with E-state index in [9.17, 15) is 0 Å². The van der Waals surface area contributed by atoms with Gasteiger partial charge in [-0.05, 0) is 32.4 Å². The van der Waals surface area contributed by atoms with Gasteiger partial charge in [0, 0.05) is 18.1 Å². The molecule has 3 heterocycles. The van der Waals surface area contributed by atoms with Crippen molar-refractivity contribution in [3.05, 3.63) is 0 Å². The second-order valence-electron chi connectivity index (χ2n) is 5.05. The van der Waals surface area contributed by atoms with E-state index in [-0.39, 0.29) is 0 Å². The van der Waals surface area contributed by atoms with Crippen LogP contribution in [-0.2, 0) is 9.47 Å². The van der Waals surface area contributed by atoms with Crippen molar-refractivity contribution in [3.63, 3.8) is 0 Å². The average Bonchev–Trinajstić information content (AvgIpc) is 2.68. The van der Waals surface area contributed by atoms with Crippen molar-refractivity contribution in [2.45, 2.75) is 25.3 Å². The third kappa shape index (κ3) is 1.47. The fraction of sp³-hybridized carbons (Fsp3) is 1.00. The lowest BCUT2D eigenvalue weighted by atomic mass is 9.76. The van der Waals surface area contributed by atoms with Crippen LogP contribution in [0.3, 0.4) is 0 Å². The molecule has 0 saturated carbocycles. The van der Waals surface area contributed by atoms with E-state index in [0.717, 1.165) is 26.4 Å². The molecule has 0 aromatic carbocycles. The van der Waals surface area contributed by atoms with Crippen molar-refractivity contribution in [1.29, 1.82) is 0 Å². The van der Waals surface area contributed by atoms with Crippen LogP contribution in [0, 0.1) is 5.41 Å². The summed E-state index contributed by atoms with van der Waals surface area (Å²) in [5.41, 5.74) is 0.579. The van der Waals surface area contributed by atoms with Gasteiger partial charge in [0.05, 0.1) is 19.8 Å². The summed E-state index contributed by atoms with van der Waals surface area (Å²) in [5.74, 6) is 0. The van der Waals surface area contributed by atoms with Crippen molar-refractivity contribution in [3.8, 4) is 0 Å². The number of hydrogen-bond acceptors (Lipinski definition) is 3. The van der Waals surface area contributed by atoms with Gasteiger partial charge >= 0.3 is 0 Å². The maximum absolute atomic E-state index is 5.44. The topological polar surface area (TPSA) is 21.7 Å². The number of ether oxygens (including phenoxy) is 2. The standard InChI is InChI=1S/C11H19NO2/c1-6-13-7-10(1)12-4-2-11(3-5-12)8-14-9-11/h10H,1-9H2/t10-/m1/s1. The molecule has 0 N–H and O–H groups in total. The molecule has 3 fully saturated rings. The quantitative estimate of drug-likeness (QED) is 0.623. The molecule has 1 spiro atoms. The third-order valence-electron chi connectivity index (χ3n) is 4.10. The molecule has 3 saturated heterocycles. The second kappa shape index (κ2) is 3.47. The van der Waals surface area contributed by atoms with Gasteiger partial charge in [-0.1, -0.05) is 0 Å². The second-order valence-corrected chi connectivity index (χ2v) is 5.05. The van der Waals surface area contributed by atoms with Crippen LogP contribution in [-0.4, -0.2) is 50.5 Å². The molecule has 14 heavy (non-hydrogen) atoms. The van der Waals surface area contributed by atoms with E-state index in [0.29, 0.717) is 11.5 Å². The van der Waals surface area contributed by atoms with E-state index in [2.05, 4.69) is 4.90 Å². The number of rotatable bonds is 1. The summed E-state index contributed by atoms with van der Waals surface area (Å²) in [6, 6.07) is 0.716. The Balaban J connectivity index is 1.54. The SMILES string of the molecule is C1C[C@@H](N2CCC3(CC2)COC3)CO1. The Labute approximate surface area is 85.4 Å². The summed E-state index contributed by atoms with van der Waals surface area (Å²) >= 11 is 0. The van der Waals surface area contributed by atoms with Crippen LogP contribution in [0.2, 0.25) is 0 Å². The average molecular weight is 197 g/mol. The molecule has 3 rings (SSSR count). The highest BCUT2D eigenvalue weighted by Crippen LogP contribution is 2.39. The van der Waals surface area contributed by atoms with E-state index in [1.54, 1.807) is 0 Å². The van der Waals surface area contributed by atoms with Crippen molar-refractivity contribution >= 4 is 0 Å². The predicted octanol–water partition coefficient (Wildman–Crippen LogP) is 0.888. The van der Waals surface area contributed by atoms with Gasteiger partial charge in [0.25, 0.3) is 0 Å². The van der Waals surface area contributed by atoms with Crippen molar-refractivity contribution in [2.75, 3.05) is 39.5 Å². The molecular formula is C11H19NO2. The molecule has 3 aliphatic heterocycles. The summed E-state index contributed by atoms with van der Waals surface area (Å²) < 4.78 is 10.8. The van der Waals surface area contributed by atoms with Gasteiger partial charge in [-0.25, -0.2) is 0 Å².